The van der Waals surface area contributed by atoms with Crippen molar-refractivity contribution in [1.82, 2.24) is 0 Å². The Morgan fingerprint density at radius 2 is 1.95 bits per heavy atom. The van der Waals surface area contributed by atoms with Crippen LogP contribution in [-0.2, 0) is 17.6 Å². The summed E-state index contributed by atoms with van der Waals surface area (Å²) in [5.41, 5.74) is 2.68. The molecule has 2 aromatic rings. The van der Waals surface area contributed by atoms with Crippen molar-refractivity contribution < 1.29 is 13.9 Å². The highest BCUT2D eigenvalue weighted by Crippen LogP contribution is 2.29. The average molecular weight is 274 g/mol. The molecular formula is C16H18O4. The standard InChI is InChI=1S/C16H18O4/c1-5-11-7-13-9(3)12(6-2)16(18)20-15(13)8-14(11)19-10(4)17/h7-8H,5-6H2,1-4H3. The van der Waals surface area contributed by atoms with Gasteiger partial charge < -0.3 is 9.15 Å². The molecule has 0 aliphatic carbocycles. The second kappa shape index (κ2) is 5.49. The van der Waals surface area contributed by atoms with Gasteiger partial charge in [-0.3, -0.25) is 4.79 Å². The number of esters is 1. The summed E-state index contributed by atoms with van der Waals surface area (Å²) in [6, 6.07) is 3.56. The molecule has 0 saturated heterocycles. The SMILES string of the molecule is CCc1cc2c(C)c(CC)c(=O)oc2cc1OC(C)=O. The van der Waals surface area contributed by atoms with Crippen LogP contribution < -0.4 is 10.4 Å². The molecule has 0 unspecified atom stereocenters. The van der Waals surface area contributed by atoms with Crippen LogP contribution in [0.15, 0.2) is 21.3 Å². The fourth-order valence-corrected chi connectivity index (χ4v) is 2.40. The molecule has 4 nitrogen and oxygen atoms in total. The minimum absolute atomic E-state index is 0.324. The van der Waals surface area contributed by atoms with E-state index in [2.05, 4.69) is 0 Å². The third-order valence-electron chi connectivity index (χ3n) is 3.46. The minimum Gasteiger partial charge on any atom is -0.426 e. The van der Waals surface area contributed by atoms with Gasteiger partial charge in [-0.05, 0) is 37.0 Å². The van der Waals surface area contributed by atoms with E-state index in [1.165, 1.54) is 6.92 Å². The van der Waals surface area contributed by atoms with Crippen molar-refractivity contribution >= 4 is 16.9 Å². The molecule has 0 atom stereocenters. The van der Waals surface area contributed by atoms with Crippen LogP contribution in [0.4, 0.5) is 0 Å². The van der Waals surface area contributed by atoms with Crippen LogP contribution in [0, 0.1) is 6.92 Å². The van der Waals surface area contributed by atoms with Gasteiger partial charge in [-0.2, -0.15) is 0 Å². The van der Waals surface area contributed by atoms with Gasteiger partial charge in [-0.1, -0.05) is 13.8 Å². The third-order valence-corrected chi connectivity index (χ3v) is 3.46. The number of rotatable bonds is 3. The van der Waals surface area contributed by atoms with Gasteiger partial charge in [0.05, 0.1) is 0 Å². The molecule has 20 heavy (non-hydrogen) atoms. The fourth-order valence-electron chi connectivity index (χ4n) is 2.40. The molecule has 0 saturated carbocycles. The maximum absolute atomic E-state index is 11.9. The first kappa shape index (κ1) is 14.3. The van der Waals surface area contributed by atoms with Crippen LogP contribution in [0.3, 0.4) is 0 Å². The Hall–Kier alpha value is -2.10. The van der Waals surface area contributed by atoms with Crippen molar-refractivity contribution in [2.75, 3.05) is 0 Å². The molecule has 106 valence electrons. The molecule has 4 heteroatoms. The van der Waals surface area contributed by atoms with Crippen LogP contribution in [0.2, 0.25) is 0 Å². The van der Waals surface area contributed by atoms with Crippen molar-refractivity contribution in [2.24, 2.45) is 0 Å². The van der Waals surface area contributed by atoms with Crippen molar-refractivity contribution in [3.8, 4) is 5.75 Å². The minimum atomic E-state index is -0.386. The van der Waals surface area contributed by atoms with E-state index in [0.717, 1.165) is 22.9 Å². The molecule has 0 spiro atoms. The number of ether oxygens (including phenoxy) is 1. The number of carbonyl (C=O) groups is 1. The van der Waals surface area contributed by atoms with E-state index in [0.29, 0.717) is 23.3 Å². The van der Waals surface area contributed by atoms with Crippen LogP contribution in [-0.4, -0.2) is 5.97 Å². The summed E-state index contributed by atoms with van der Waals surface area (Å²) in [7, 11) is 0. The van der Waals surface area contributed by atoms with E-state index >= 15 is 0 Å². The van der Waals surface area contributed by atoms with Gasteiger partial charge in [0.25, 0.3) is 0 Å². The quantitative estimate of drug-likeness (QED) is 0.490. The van der Waals surface area contributed by atoms with Gasteiger partial charge >= 0.3 is 11.6 Å². The van der Waals surface area contributed by atoms with Gasteiger partial charge in [-0.15, -0.1) is 0 Å². The first-order chi connectivity index (χ1) is 9.47. The molecule has 0 amide bonds. The lowest BCUT2D eigenvalue weighted by Gasteiger charge is -2.11. The number of benzene rings is 1. The Morgan fingerprint density at radius 1 is 1.25 bits per heavy atom. The summed E-state index contributed by atoms with van der Waals surface area (Å²) in [5.74, 6) is 0.0718. The van der Waals surface area contributed by atoms with E-state index in [9.17, 15) is 9.59 Å². The summed E-state index contributed by atoms with van der Waals surface area (Å²) in [4.78, 5) is 23.0. The summed E-state index contributed by atoms with van der Waals surface area (Å²) in [6.07, 6.45) is 1.37. The number of fused-ring (bicyclic) bond motifs is 1. The lowest BCUT2D eigenvalue weighted by Crippen LogP contribution is -2.10. The van der Waals surface area contributed by atoms with E-state index < -0.39 is 0 Å². The first-order valence-corrected chi connectivity index (χ1v) is 6.75. The summed E-state index contributed by atoms with van der Waals surface area (Å²) in [6.45, 7) is 7.19. The van der Waals surface area contributed by atoms with Crippen LogP contribution >= 0.6 is 0 Å². The monoisotopic (exact) mass is 274 g/mol. The topological polar surface area (TPSA) is 56.5 Å². The van der Waals surface area contributed by atoms with Gasteiger partial charge in [0.15, 0.2) is 0 Å². The first-order valence-electron chi connectivity index (χ1n) is 6.75. The highest BCUT2D eigenvalue weighted by molar-refractivity contribution is 5.84. The molecule has 1 heterocycles. The number of aryl methyl sites for hydroxylation is 2. The zero-order valence-corrected chi connectivity index (χ0v) is 12.2. The van der Waals surface area contributed by atoms with Crippen LogP contribution in [0.1, 0.15) is 37.5 Å². The van der Waals surface area contributed by atoms with Crippen molar-refractivity contribution in [3.05, 3.63) is 39.2 Å². The lowest BCUT2D eigenvalue weighted by atomic mass is 10.0. The summed E-state index contributed by atoms with van der Waals surface area (Å²) >= 11 is 0. The molecular weight excluding hydrogens is 256 g/mol. The van der Waals surface area contributed by atoms with Crippen molar-refractivity contribution in [2.45, 2.75) is 40.5 Å². The number of hydrogen-bond donors (Lipinski definition) is 0. The Balaban J connectivity index is 2.77. The Labute approximate surface area is 117 Å². The van der Waals surface area contributed by atoms with Gasteiger partial charge in [0.1, 0.15) is 11.3 Å². The molecule has 1 aromatic carbocycles. The third kappa shape index (κ3) is 2.46. The predicted octanol–water partition coefficient (Wildman–Crippen LogP) is 3.15. The summed E-state index contributed by atoms with van der Waals surface area (Å²) < 4.78 is 10.5. The zero-order valence-electron chi connectivity index (χ0n) is 12.2. The maximum Gasteiger partial charge on any atom is 0.339 e. The zero-order chi connectivity index (χ0) is 14.9. The maximum atomic E-state index is 11.9. The Morgan fingerprint density at radius 3 is 2.50 bits per heavy atom. The van der Waals surface area contributed by atoms with E-state index in [1.807, 2.05) is 26.8 Å². The molecule has 0 radical (unpaired) electrons. The Kier molecular flexibility index (Phi) is 3.93. The largest absolute Gasteiger partial charge is 0.426 e. The van der Waals surface area contributed by atoms with E-state index in [-0.39, 0.29) is 11.6 Å². The molecule has 0 fully saturated rings. The highest BCUT2D eigenvalue weighted by Gasteiger charge is 2.14. The number of hydrogen-bond acceptors (Lipinski definition) is 4. The molecule has 1 aromatic heterocycles. The van der Waals surface area contributed by atoms with Gasteiger partial charge in [0.2, 0.25) is 0 Å². The van der Waals surface area contributed by atoms with Gasteiger partial charge in [-0.25, -0.2) is 4.79 Å². The Bertz CT molecular complexity index is 725. The molecule has 0 N–H and O–H groups in total. The highest BCUT2D eigenvalue weighted by atomic mass is 16.5. The van der Waals surface area contributed by atoms with E-state index in [1.54, 1.807) is 6.07 Å². The average Bonchev–Trinajstić information content (AvgIpc) is 2.38. The van der Waals surface area contributed by atoms with Crippen molar-refractivity contribution in [1.29, 1.82) is 0 Å². The summed E-state index contributed by atoms with van der Waals surface area (Å²) in [5, 5.41) is 0.897. The fraction of sp³-hybridized carbons (Fsp3) is 0.375. The van der Waals surface area contributed by atoms with Crippen molar-refractivity contribution in [3.63, 3.8) is 0 Å². The molecule has 0 aliphatic rings. The lowest BCUT2D eigenvalue weighted by molar-refractivity contribution is -0.131. The molecule has 2 rings (SSSR count). The van der Waals surface area contributed by atoms with Gasteiger partial charge in [0, 0.05) is 23.9 Å². The number of carbonyl (C=O) groups excluding carboxylic acids is 1. The molecule has 0 aliphatic heterocycles. The van der Waals surface area contributed by atoms with Crippen LogP contribution in [0.5, 0.6) is 5.75 Å². The normalized spacial score (nSPS) is 10.8. The smallest absolute Gasteiger partial charge is 0.339 e. The van der Waals surface area contributed by atoms with E-state index in [4.69, 9.17) is 9.15 Å². The molecule has 0 bridgehead atoms. The van der Waals surface area contributed by atoms with Crippen LogP contribution in [0.25, 0.3) is 11.0 Å². The predicted molar refractivity (Wildman–Crippen MR) is 77.3 cm³/mol. The second-order valence-electron chi connectivity index (χ2n) is 4.75. The second-order valence-corrected chi connectivity index (χ2v) is 4.75.